The second-order valence-corrected chi connectivity index (χ2v) is 13.0. The molecule has 0 aliphatic rings. The van der Waals surface area contributed by atoms with E-state index in [2.05, 4.69) is 156 Å². The van der Waals surface area contributed by atoms with E-state index in [4.69, 9.17) is 0 Å². The van der Waals surface area contributed by atoms with E-state index in [1.807, 2.05) is 36.8 Å². The average Bonchev–Trinajstić information content (AvgIpc) is 3.20. The molecule has 8 aromatic carbocycles. The maximum Gasteiger partial charge on any atom is 0.0701 e. The summed E-state index contributed by atoms with van der Waals surface area (Å²) in [4.78, 5) is 8.91. The van der Waals surface area contributed by atoms with E-state index in [1.54, 1.807) is 0 Å². The Morgan fingerprint density at radius 2 is 0.920 bits per heavy atom. The Kier molecular flexibility index (Phi) is 6.53. The highest BCUT2D eigenvalue weighted by Crippen LogP contribution is 2.45. The van der Waals surface area contributed by atoms with Crippen molar-refractivity contribution in [2.24, 2.45) is 0 Å². The minimum atomic E-state index is 0.978. The smallest absolute Gasteiger partial charge is 0.0701 e. The van der Waals surface area contributed by atoms with Crippen LogP contribution in [0.2, 0.25) is 0 Å². The largest absolute Gasteiger partial charge is 0.264 e. The van der Waals surface area contributed by atoms with Gasteiger partial charge in [-0.3, -0.25) is 9.97 Å². The monoisotopic (exact) mass is 634 g/mol. The second-order valence-electron chi connectivity index (χ2n) is 13.0. The van der Waals surface area contributed by atoms with Gasteiger partial charge in [0.05, 0.1) is 5.69 Å². The van der Waals surface area contributed by atoms with Crippen molar-refractivity contribution in [3.05, 3.63) is 182 Å². The number of aromatic nitrogens is 2. The number of hydrogen-bond acceptors (Lipinski definition) is 2. The highest BCUT2D eigenvalue weighted by atomic mass is 14.7. The summed E-state index contributed by atoms with van der Waals surface area (Å²) < 4.78 is 0. The first-order valence-corrected chi connectivity index (χ1v) is 17.0. The van der Waals surface area contributed by atoms with E-state index in [0.29, 0.717) is 0 Å². The summed E-state index contributed by atoms with van der Waals surface area (Å²) in [5, 5.41) is 10.2. The Labute approximate surface area is 290 Å². The van der Waals surface area contributed by atoms with Gasteiger partial charge in [0.1, 0.15) is 0 Å². The van der Waals surface area contributed by atoms with Gasteiger partial charge in [0, 0.05) is 24.2 Å². The van der Waals surface area contributed by atoms with Gasteiger partial charge in [-0.1, -0.05) is 121 Å². The molecule has 10 aromatic rings. The van der Waals surface area contributed by atoms with Crippen molar-refractivity contribution in [1.82, 2.24) is 9.97 Å². The molecule has 2 heterocycles. The van der Waals surface area contributed by atoms with Crippen LogP contribution in [0, 0.1) is 0 Å². The normalized spacial score (nSPS) is 11.6. The molecule has 0 unspecified atom stereocenters. The summed E-state index contributed by atoms with van der Waals surface area (Å²) in [7, 11) is 0. The van der Waals surface area contributed by atoms with Gasteiger partial charge < -0.3 is 0 Å². The Morgan fingerprint density at radius 1 is 0.320 bits per heavy atom. The topological polar surface area (TPSA) is 25.8 Å². The molecule has 0 aliphatic heterocycles. The summed E-state index contributed by atoms with van der Waals surface area (Å²) in [6.45, 7) is 0. The van der Waals surface area contributed by atoms with E-state index in [9.17, 15) is 0 Å². The van der Waals surface area contributed by atoms with Gasteiger partial charge in [0.15, 0.2) is 0 Å². The standard InChI is InChI=1S/C48H30N2/c1-2-7-36-26-37(19-12-31(36)6-1)41-27-38-20-22-42-44(33-13-10-32(11-14-33)40-8-5-24-49-30-40)29-45(43-23-21-39(28-41)47(38)48(42)43)34-15-17-35(18-16-34)46-9-3-4-25-50-46/h1-30H. The van der Waals surface area contributed by atoms with Gasteiger partial charge in [-0.25, -0.2) is 0 Å². The lowest BCUT2D eigenvalue weighted by Crippen LogP contribution is -1.92. The number of pyridine rings is 2. The third-order valence-electron chi connectivity index (χ3n) is 10.1. The molecule has 50 heavy (non-hydrogen) atoms. The Balaban J connectivity index is 1.19. The van der Waals surface area contributed by atoms with Crippen LogP contribution in [0.5, 0.6) is 0 Å². The molecule has 0 amide bonds. The van der Waals surface area contributed by atoms with Crippen LogP contribution in [0.15, 0.2) is 182 Å². The molecule has 0 bridgehead atoms. The average molecular weight is 635 g/mol. The summed E-state index contributed by atoms with van der Waals surface area (Å²) in [6, 6.07) is 59.7. The lowest BCUT2D eigenvalue weighted by molar-refractivity contribution is 1.33. The summed E-state index contributed by atoms with van der Waals surface area (Å²) >= 11 is 0. The molecular formula is C48H30N2. The molecule has 10 rings (SSSR count). The van der Waals surface area contributed by atoms with Crippen LogP contribution in [0.3, 0.4) is 0 Å². The van der Waals surface area contributed by atoms with Crippen molar-refractivity contribution >= 4 is 43.1 Å². The highest BCUT2D eigenvalue weighted by Gasteiger charge is 2.18. The van der Waals surface area contributed by atoms with Crippen LogP contribution in [0.1, 0.15) is 0 Å². The van der Waals surface area contributed by atoms with Crippen LogP contribution in [0.4, 0.5) is 0 Å². The predicted octanol–water partition coefficient (Wildman–Crippen LogP) is 12.9. The molecular weight excluding hydrogens is 605 g/mol. The van der Waals surface area contributed by atoms with Gasteiger partial charge >= 0.3 is 0 Å². The zero-order valence-corrected chi connectivity index (χ0v) is 27.2. The fourth-order valence-corrected chi connectivity index (χ4v) is 7.66. The third-order valence-corrected chi connectivity index (χ3v) is 10.1. The number of fused-ring (bicyclic) bond motifs is 1. The van der Waals surface area contributed by atoms with Crippen molar-refractivity contribution in [3.8, 4) is 55.8 Å². The lowest BCUT2D eigenvalue weighted by Gasteiger charge is -2.19. The van der Waals surface area contributed by atoms with Gasteiger partial charge in [0.25, 0.3) is 0 Å². The number of benzene rings is 8. The van der Waals surface area contributed by atoms with Crippen molar-refractivity contribution in [3.63, 3.8) is 0 Å². The van der Waals surface area contributed by atoms with Crippen molar-refractivity contribution < 1.29 is 0 Å². The van der Waals surface area contributed by atoms with E-state index in [1.165, 1.54) is 76.5 Å². The number of nitrogens with zero attached hydrogens (tertiary/aromatic N) is 2. The fraction of sp³-hybridized carbons (Fsp3) is 0. The molecule has 0 fully saturated rings. The minimum absolute atomic E-state index is 0.978. The van der Waals surface area contributed by atoms with E-state index >= 15 is 0 Å². The maximum atomic E-state index is 4.58. The van der Waals surface area contributed by atoms with Crippen LogP contribution >= 0.6 is 0 Å². The Morgan fingerprint density at radius 3 is 1.58 bits per heavy atom. The predicted molar refractivity (Wildman–Crippen MR) is 210 cm³/mol. The highest BCUT2D eigenvalue weighted by molar-refractivity contribution is 6.28. The third kappa shape index (κ3) is 4.73. The molecule has 232 valence electrons. The molecule has 0 N–H and O–H groups in total. The lowest BCUT2D eigenvalue weighted by atomic mass is 9.84. The molecule has 2 aromatic heterocycles. The molecule has 0 saturated heterocycles. The van der Waals surface area contributed by atoms with Crippen molar-refractivity contribution in [2.45, 2.75) is 0 Å². The molecule has 0 atom stereocenters. The second kappa shape index (κ2) is 11.5. The number of hydrogen-bond donors (Lipinski definition) is 0. The van der Waals surface area contributed by atoms with E-state index in [-0.39, 0.29) is 0 Å². The van der Waals surface area contributed by atoms with Crippen LogP contribution in [0.25, 0.3) is 98.9 Å². The zero-order valence-electron chi connectivity index (χ0n) is 27.2. The van der Waals surface area contributed by atoms with Gasteiger partial charge in [-0.2, -0.15) is 0 Å². The van der Waals surface area contributed by atoms with Crippen molar-refractivity contribution in [2.75, 3.05) is 0 Å². The fourth-order valence-electron chi connectivity index (χ4n) is 7.66. The number of rotatable bonds is 5. The van der Waals surface area contributed by atoms with Gasteiger partial charge in [-0.15, -0.1) is 0 Å². The van der Waals surface area contributed by atoms with Crippen LogP contribution < -0.4 is 0 Å². The molecule has 0 spiro atoms. The Bertz CT molecular complexity index is 2670. The van der Waals surface area contributed by atoms with E-state index in [0.717, 1.165) is 22.4 Å². The van der Waals surface area contributed by atoms with Crippen LogP contribution in [-0.2, 0) is 0 Å². The quantitative estimate of drug-likeness (QED) is 0.176. The molecule has 0 saturated carbocycles. The maximum absolute atomic E-state index is 4.58. The molecule has 0 aliphatic carbocycles. The van der Waals surface area contributed by atoms with Gasteiger partial charge in [-0.05, 0) is 130 Å². The zero-order chi connectivity index (χ0) is 33.0. The minimum Gasteiger partial charge on any atom is -0.264 e. The first-order valence-electron chi connectivity index (χ1n) is 17.0. The molecule has 2 heteroatoms. The summed E-state index contributed by atoms with van der Waals surface area (Å²) in [6.07, 6.45) is 5.59. The SMILES string of the molecule is c1ccc(-c2ccc(-c3cc(-c4ccc(-c5cccnc5)cc4)c4ccc5cc(-c6ccc7ccccc7c6)cc6ccc3c4c56)cc2)nc1. The summed E-state index contributed by atoms with van der Waals surface area (Å²) in [5.74, 6) is 0. The molecule has 2 nitrogen and oxygen atoms in total. The first-order chi connectivity index (χ1) is 24.8. The Hall–Kier alpha value is -6.64. The molecule has 0 radical (unpaired) electrons. The first kappa shape index (κ1) is 28.4. The van der Waals surface area contributed by atoms with Crippen LogP contribution in [-0.4, -0.2) is 9.97 Å². The van der Waals surface area contributed by atoms with Gasteiger partial charge in [0.2, 0.25) is 0 Å². The van der Waals surface area contributed by atoms with E-state index < -0.39 is 0 Å². The van der Waals surface area contributed by atoms with Crippen molar-refractivity contribution in [1.29, 1.82) is 0 Å². The summed E-state index contributed by atoms with van der Waals surface area (Å²) in [5.41, 5.74) is 11.7.